The monoisotopic (exact) mass is 656 g/mol. The molecule has 1 spiro atoms. The highest BCUT2D eigenvalue weighted by molar-refractivity contribution is 7.22. The van der Waals surface area contributed by atoms with Crippen LogP contribution in [0.1, 0.15) is 45.4 Å². The highest BCUT2D eigenvalue weighted by Gasteiger charge is 2.42. The van der Waals surface area contributed by atoms with Crippen LogP contribution in [0.3, 0.4) is 0 Å². The molecule has 4 fully saturated rings. The third-order valence-electron chi connectivity index (χ3n) is 9.94. The normalized spacial score (nSPS) is 24.3. The standard InChI is InChI=1S/C25H27F2N7O2S.C7H12FN/c1-3-9-34-19(13-4-5-14(26)20-17(13)30-23(28)37-20)16(27)18-15(22(34)35)21(32-24(31-18)36-2)33-10-7-25(12-33)6-8-29-11-25;8-6-4-7-2-1-3-9(7)5-6/h4-5,29H,3,6-12H2,1-2H3,(H2,28,30);6-7H,1-5H2. The van der Waals surface area contributed by atoms with Crippen molar-refractivity contribution in [3.05, 3.63) is 34.1 Å². The number of benzene rings is 1. The van der Waals surface area contributed by atoms with Gasteiger partial charge in [0.2, 0.25) is 0 Å². The van der Waals surface area contributed by atoms with Crippen molar-refractivity contribution < 1.29 is 17.9 Å². The molecule has 246 valence electrons. The molecule has 0 bridgehead atoms. The maximum Gasteiger partial charge on any atom is 0.318 e. The number of hydrogen-bond donors (Lipinski definition) is 2. The van der Waals surface area contributed by atoms with Crippen LogP contribution in [-0.2, 0) is 6.54 Å². The van der Waals surface area contributed by atoms with Crippen molar-refractivity contribution in [2.75, 3.05) is 57.0 Å². The molecule has 14 heteroatoms. The second-order valence-corrected chi connectivity index (χ2v) is 14.0. The Morgan fingerprint density at radius 1 is 1.17 bits per heavy atom. The van der Waals surface area contributed by atoms with E-state index in [1.807, 2.05) is 11.8 Å². The maximum atomic E-state index is 16.5. The van der Waals surface area contributed by atoms with E-state index >= 15 is 4.39 Å². The number of thiazole rings is 1. The summed E-state index contributed by atoms with van der Waals surface area (Å²) in [4.78, 5) is 31.5. The zero-order valence-electron chi connectivity index (χ0n) is 26.1. The van der Waals surface area contributed by atoms with E-state index in [0.29, 0.717) is 37.9 Å². The molecule has 7 heterocycles. The number of ether oxygens (including phenoxy) is 1. The van der Waals surface area contributed by atoms with Gasteiger partial charge in [0.15, 0.2) is 10.9 Å². The topological polar surface area (TPSA) is 114 Å². The minimum Gasteiger partial charge on any atom is -0.467 e. The predicted molar refractivity (Wildman–Crippen MR) is 174 cm³/mol. The molecule has 4 aliphatic rings. The van der Waals surface area contributed by atoms with E-state index in [4.69, 9.17) is 10.5 Å². The third kappa shape index (κ3) is 5.37. The van der Waals surface area contributed by atoms with E-state index in [2.05, 4.69) is 25.2 Å². The zero-order chi connectivity index (χ0) is 32.2. The first-order valence-corrected chi connectivity index (χ1v) is 16.9. The molecule has 4 aromatic rings. The van der Waals surface area contributed by atoms with E-state index in [-0.39, 0.29) is 55.5 Å². The van der Waals surface area contributed by atoms with E-state index in [9.17, 15) is 13.6 Å². The van der Waals surface area contributed by atoms with Gasteiger partial charge in [0.25, 0.3) is 5.56 Å². The van der Waals surface area contributed by atoms with E-state index in [0.717, 1.165) is 50.2 Å². The highest BCUT2D eigenvalue weighted by atomic mass is 32.1. The Morgan fingerprint density at radius 3 is 2.76 bits per heavy atom. The van der Waals surface area contributed by atoms with E-state index in [1.165, 1.54) is 36.7 Å². The average molecular weight is 657 g/mol. The van der Waals surface area contributed by atoms with Gasteiger partial charge in [-0.05, 0) is 63.7 Å². The summed E-state index contributed by atoms with van der Waals surface area (Å²) in [6.45, 7) is 7.28. The summed E-state index contributed by atoms with van der Waals surface area (Å²) < 4.78 is 50.6. The average Bonchev–Trinajstić information content (AvgIpc) is 3.88. The molecule has 0 amide bonds. The summed E-state index contributed by atoms with van der Waals surface area (Å²) in [5.74, 6) is -0.830. The quantitative estimate of drug-likeness (QED) is 0.315. The van der Waals surface area contributed by atoms with E-state index in [1.54, 1.807) is 0 Å². The molecule has 0 saturated carbocycles. The molecule has 0 radical (unpaired) electrons. The first-order valence-electron chi connectivity index (χ1n) is 16.1. The van der Waals surface area contributed by atoms with Gasteiger partial charge in [-0.15, -0.1) is 0 Å². The largest absolute Gasteiger partial charge is 0.467 e. The Labute approximate surface area is 268 Å². The van der Waals surface area contributed by atoms with Crippen LogP contribution in [0.25, 0.3) is 32.4 Å². The summed E-state index contributed by atoms with van der Waals surface area (Å²) in [7, 11) is 1.41. The fourth-order valence-corrected chi connectivity index (χ4v) is 8.51. The number of hydrogen-bond acceptors (Lipinski definition) is 10. The van der Waals surface area contributed by atoms with Gasteiger partial charge >= 0.3 is 6.01 Å². The summed E-state index contributed by atoms with van der Waals surface area (Å²) in [6.07, 6.45) is 5.38. The van der Waals surface area contributed by atoms with E-state index < -0.39 is 23.4 Å². The molecule has 10 nitrogen and oxygen atoms in total. The molecule has 1 aromatic carbocycles. The molecule has 4 aliphatic heterocycles. The van der Waals surface area contributed by atoms with Gasteiger partial charge in [-0.2, -0.15) is 9.97 Å². The highest BCUT2D eigenvalue weighted by Crippen LogP contribution is 2.41. The van der Waals surface area contributed by atoms with Crippen molar-refractivity contribution >= 4 is 43.4 Å². The van der Waals surface area contributed by atoms with Crippen molar-refractivity contribution in [2.45, 2.75) is 64.2 Å². The number of fused-ring (bicyclic) bond motifs is 3. The lowest BCUT2D eigenvalue weighted by atomic mass is 9.87. The Hall–Kier alpha value is -3.49. The van der Waals surface area contributed by atoms with Gasteiger partial charge < -0.3 is 25.3 Å². The molecule has 0 aliphatic carbocycles. The second kappa shape index (κ2) is 12.3. The second-order valence-electron chi connectivity index (χ2n) is 12.9. The van der Waals surface area contributed by atoms with Crippen LogP contribution in [0, 0.1) is 17.0 Å². The minimum atomic E-state index is -0.707. The molecule has 4 saturated heterocycles. The first-order chi connectivity index (χ1) is 22.2. The molecule has 46 heavy (non-hydrogen) atoms. The molecular formula is C32H39F3N8O2S. The van der Waals surface area contributed by atoms with Gasteiger partial charge in [0.05, 0.1) is 23.0 Å². The van der Waals surface area contributed by atoms with Gasteiger partial charge in [-0.25, -0.2) is 18.2 Å². The number of anilines is 2. The number of nitrogens with two attached hydrogens (primary N) is 1. The van der Waals surface area contributed by atoms with Crippen LogP contribution in [0.5, 0.6) is 6.01 Å². The third-order valence-corrected chi connectivity index (χ3v) is 10.8. The summed E-state index contributed by atoms with van der Waals surface area (Å²) in [5, 5.41) is 3.70. The summed E-state index contributed by atoms with van der Waals surface area (Å²) >= 11 is 0.979. The fourth-order valence-electron chi connectivity index (χ4n) is 7.74. The van der Waals surface area contributed by atoms with Crippen LogP contribution in [0.2, 0.25) is 0 Å². The number of nitrogens with zero attached hydrogens (tertiary/aromatic N) is 6. The Kier molecular flexibility index (Phi) is 8.30. The number of rotatable bonds is 5. The lowest BCUT2D eigenvalue weighted by Gasteiger charge is -2.25. The molecular weight excluding hydrogens is 617 g/mol. The predicted octanol–water partition coefficient (Wildman–Crippen LogP) is 4.73. The van der Waals surface area contributed by atoms with Crippen LogP contribution >= 0.6 is 11.3 Å². The molecule has 3 N–H and O–H groups in total. The molecule has 3 atom stereocenters. The molecule has 8 rings (SSSR count). The van der Waals surface area contributed by atoms with Crippen LogP contribution < -0.4 is 26.2 Å². The Morgan fingerprint density at radius 2 is 2.02 bits per heavy atom. The van der Waals surface area contributed by atoms with Crippen molar-refractivity contribution in [3.63, 3.8) is 0 Å². The minimum absolute atomic E-state index is 0.000705. The number of nitrogen functional groups attached to an aromatic ring is 1. The van der Waals surface area contributed by atoms with Gasteiger partial charge in [-0.1, -0.05) is 18.3 Å². The lowest BCUT2D eigenvalue weighted by molar-refractivity contribution is 0.292. The van der Waals surface area contributed by atoms with Crippen molar-refractivity contribution in [1.29, 1.82) is 0 Å². The zero-order valence-corrected chi connectivity index (χ0v) is 26.9. The number of nitrogens with one attached hydrogen (secondary N) is 1. The van der Waals surface area contributed by atoms with Gasteiger partial charge in [0.1, 0.15) is 28.7 Å². The molecule has 3 aromatic heterocycles. The smallest absolute Gasteiger partial charge is 0.318 e. The van der Waals surface area contributed by atoms with Crippen LogP contribution in [0.15, 0.2) is 16.9 Å². The fraction of sp³-hybridized carbons (Fsp3) is 0.562. The summed E-state index contributed by atoms with van der Waals surface area (Å²) in [5.41, 5.74) is 5.94. The lowest BCUT2D eigenvalue weighted by Crippen LogP contribution is -2.31. The number of alkyl halides is 1. The number of halogens is 3. The van der Waals surface area contributed by atoms with Crippen molar-refractivity contribution in [1.82, 2.24) is 29.7 Å². The van der Waals surface area contributed by atoms with Gasteiger partial charge in [0, 0.05) is 49.7 Å². The SMILES string of the molecule is CCCn1c(-c2ccc(F)c3sc(N)nc23)c(F)c2nc(OC)nc(N3CCC4(CCNC4)C3)c2c1=O.FC1CC2CCCN2C1. The van der Waals surface area contributed by atoms with Crippen molar-refractivity contribution in [3.8, 4) is 17.3 Å². The first kappa shape index (κ1) is 31.1. The Balaban J connectivity index is 0.000000321. The van der Waals surface area contributed by atoms with Gasteiger partial charge in [-0.3, -0.25) is 9.69 Å². The van der Waals surface area contributed by atoms with Crippen LogP contribution in [-0.4, -0.2) is 83.0 Å². The number of aromatic nitrogens is 4. The summed E-state index contributed by atoms with van der Waals surface area (Å²) in [6, 6.07) is 3.27. The number of pyridine rings is 1. The molecule has 3 unspecified atom stereocenters. The number of methoxy groups -OCH3 is 1. The van der Waals surface area contributed by atoms with Crippen LogP contribution in [0.4, 0.5) is 24.1 Å². The van der Waals surface area contributed by atoms with Crippen molar-refractivity contribution in [2.24, 2.45) is 5.41 Å². The Bertz CT molecular complexity index is 1830. The maximum absolute atomic E-state index is 16.5.